The number of amides is 1. The highest BCUT2D eigenvalue weighted by Crippen LogP contribution is 2.26. The van der Waals surface area contributed by atoms with Crippen LogP contribution in [0.5, 0.6) is 5.75 Å². The van der Waals surface area contributed by atoms with Crippen molar-refractivity contribution in [2.45, 2.75) is 39.8 Å². The van der Waals surface area contributed by atoms with Crippen molar-refractivity contribution in [3.8, 4) is 5.75 Å². The van der Waals surface area contributed by atoms with E-state index in [2.05, 4.69) is 5.10 Å². The average Bonchev–Trinajstić information content (AvgIpc) is 2.96. The van der Waals surface area contributed by atoms with E-state index in [1.807, 2.05) is 20.8 Å². The summed E-state index contributed by atoms with van der Waals surface area (Å²) in [6, 6.07) is 4.39. The first kappa shape index (κ1) is 17.0. The zero-order valence-corrected chi connectivity index (χ0v) is 13.9. The largest absolute Gasteiger partial charge is 0.494 e. The van der Waals surface area contributed by atoms with Gasteiger partial charge in [0.25, 0.3) is 5.91 Å². The van der Waals surface area contributed by atoms with Gasteiger partial charge in [0, 0.05) is 30.5 Å². The predicted octanol–water partition coefficient (Wildman–Crippen LogP) is 3.50. The van der Waals surface area contributed by atoms with E-state index in [9.17, 15) is 9.18 Å². The molecule has 0 saturated heterocycles. The molecule has 0 radical (unpaired) electrons. The van der Waals surface area contributed by atoms with Crippen molar-refractivity contribution in [2.75, 3.05) is 12.0 Å². The molecule has 0 bridgehead atoms. The fraction of sp³-hybridized carbons (Fsp3) is 0.412. The number of anilines is 1. The SMILES string of the molecule is CCCn1cc(C(=O)N(c2ccc(OC)c(F)c2)C(C)C)cn1. The van der Waals surface area contributed by atoms with Crippen molar-refractivity contribution in [3.63, 3.8) is 0 Å². The average molecular weight is 319 g/mol. The van der Waals surface area contributed by atoms with Gasteiger partial charge < -0.3 is 9.64 Å². The Morgan fingerprint density at radius 2 is 2.17 bits per heavy atom. The molecule has 23 heavy (non-hydrogen) atoms. The van der Waals surface area contributed by atoms with Crippen LogP contribution in [0.4, 0.5) is 10.1 Å². The van der Waals surface area contributed by atoms with E-state index in [0.717, 1.165) is 13.0 Å². The van der Waals surface area contributed by atoms with Crippen molar-refractivity contribution in [2.24, 2.45) is 0 Å². The Balaban J connectivity index is 2.33. The number of methoxy groups -OCH3 is 1. The van der Waals surface area contributed by atoms with Gasteiger partial charge in [-0.1, -0.05) is 6.92 Å². The summed E-state index contributed by atoms with van der Waals surface area (Å²) in [5.41, 5.74) is 0.981. The van der Waals surface area contributed by atoms with Gasteiger partial charge in [-0.3, -0.25) is 9.48 Å². The molecule has 1 aromatic heterocycles. The molecular weight excluding hydrogens is 297 g/mol. The molecule has 0 aliphatic rings. The number of ether oxygens (including phenoxy) is 1. The minimum atomic E-state index is -0.495. The normalized spacial score (nSPS) is 10.9. The number of benzene rings is 1. The van der Waals surface area contributed by atoms with Crippen LogP contribution in [0.15, 0.2) is 30.6 Å². The maximum absolute atomic E-state index is 14.0. The van der Waals surface area contributed by atoms with Crippen LogP contribution >= 0.6 is 0 Å². The molecule has 0 atom stereocenters. The first-order chi connectivity index (χ1) is 11.0. The number of hydrogen-bond donors (Lipinski definition) is 0. The Morgan fingerprint density at radius 1 is 1.43 bits per heavy atom. The van der Waals surface area contributed by atoms with Crippen LogP contribution in [0.3, 0.4) is 0 Å². The molecule has 1 amide bonds. The Morgan fingerprint density at radius 3 is 2.74 bits per heavy atom. The third-order valence-corrected chi connectivity index (χ3v) is 3.48. The summed E-state index contributed by atoms with van der Waals surface area (Å²) in [6.07, 6.45) is 4.21. The molecule has 1 heterocycles. The zero-order chi connectivity index (χ0) is 17.0. The minimum Gasteiger partial charge on any atom is -0.494 e. The van der Waals surface area contributed by atoms with Gasteiger partial charge >= 0.3 is 0 Å². The maximum Gasteiger partial charge on any atom is 0.261 e. The second-order valence-electron chi connectivity index (χ2n) is 5.58. The lowest BCUT2D eigenvalue weighted by Gasteiger charge is -2.26. The molecule has 5 nitrogen and oxygen atoms in total. The van der Waals surface area contributed by atoms with Crippen molar-refractivity contribution in [3.05, 3.63) is 42.0 Å². The molecule has 0 fully saturated rings. The van der Waals surface area contributed by atoms with E-state index in [-0.39, 0.29) is 17.7 Å². The number of carbonyl (C=O) groups is 1. The van der Waals surface area contributed by atoms with Gasteiger partial charge in [0.05, 0.1) is 18.9 Å². The van der Waals surface area contributed by atoms with E-state index >= 15 is 0 Å². The van der Waals surface area contributed by atoms with E-state index in [4.69, 9.17) is 4.74 Å². The van der Waals surface area contributed by atoms with Crippen LogP contribution in [0, 0.1) is 5.82 Å². The van der Waals surface area contributed by atoms with Crippen LogP contribution in [-0.4, -0.2) is 28.8 Å². The van der Waals surface area contributed by atoms with Crippen LogP contribution in [0.1, 0.15) is 37.6 Å². The van der Waals surface area contributed by atoms with Gasteiger partial charge in [0.2, 0.25) is 0 Å². The van der Waals surface area contributed by atoms with Crippen LogP contribution in [0.25, 0.3) is 0 Å². The lowest BCUT2D eigenvalue weighted by Crippen LogP contribution is -2.37. The Bertz CT molecular complexity index is 682. The fourth-order valence-electron chi connectivity index (χ4n) is 2.42. The quantitative estimate of drug-likeness (QED) is 0.819. The molecule has 0 aliphatic heterocycles. The number of carbonyl (C=O) groups excluding carboxylic acids is 1. The molecule has 1 aromatic carbocycles. The molecule has 2 aromatic rings. The third kappa shape index (κ3) is 3.70. The molecule has 0 N–H and O–H groups in total. The van der Waals surface area contributed by atoms with Crippen LogP contribution in [0.2, 0.25) is 0 Å². The third-order valence-electron chi connectivity index (χ3n) is 3.48. The molecular formula is C17H22FN3O2. The number of hydrogen-bond acceptors (Lipinski definition) is 3. The number of nitrogens with zero attached hydrogens (tertiary/aromatic N) is 3. The molecule has 2 rings (SSSR count). The minimum absolute atomic E-state index is 0.121. The van der Waals surface area contributed by atoms with Gasteiger partial charge in [-0.2, -0.15) is 5.10 Å². The first-order valence-electron chi connectivity index (χ1n) is 7.67. The predicted molar refractivity (Wildman–Crippen MR) is 87.4 cm³/mol. The number of halogens is 1. The highest BCUT2D eigenvalue weighted by atomic mass is 19.1. The van der Waals surface area contributed by atoms with E-state index in [1.54, 1.807) is 28.0 Å². The van der Waals surface area contributed by atoms with Crippen molar-refractivity contribution in [1.29, 1.82) is 0 Å². The van der Waals surface area contributed by atoms with Gasteiger partial charge in [-0.05, 0) is 32.4 Å². The maximum atomic E-state index is 14.0. The summed E-state index contributed by atoms with van der Waals surface area (Å²) in [7, 11) is 1.41. The fourth-order valence-corrected chi connectivity index (χ4v) is 2.42. The summed E-state index contributed by atoms with van der Waals surface area (Å²) >= 11 is 0. The topological polar surface area (TPSA) is 47.4 Å². The summed E-state index contributed by atoms with van der Waals surface area (Å²) in [5.74, 6) is -0.544. The smallest absolute Gasteiger partial charge is 0.261 e. The molecule has 0 spiro atoms. The van der Waals surface area contributed by atoms with Crippen molar-refractivity contribution < 1.29 is 13.9 Å². The number of aryl methyl sites for hydroxylation is 1. The summed E-state index contributed by atoms with van der Waals surface area (Å²) in [4.78, 5) is 14.3. The number of aromatic nitrogens is 2. The van der Waals surface area contributed by atoms with Gasteiger partial charge in [-0.25, -0.2) is 4.39 Å². The Hall–Kier alpha value is -2.37. The second-order valence-corrected chi connectivity index (χ2v) is 5.58. The lowest BCUT2D eigenvalue weighted by atomic mass is 10.2. The van der Waals surface area contributed by atoms with E-state index in [0.29, 0.717) is 11.3 Å². The first-order valence-corrected chi connectivity index (χ1v) is 7.67. The summed E-state index contributed by atoms with van der Waals surface area (Å²) in [6.45, 7) is 6.57. The summed E-state index contributed by atoms with van der Waals surface area (Å²) in [5, 5.41) is 4.18. The zero-order valence-electron chi connectivity index (χ0n) is 13.9. The summed E-state index contributed by atoms with van der Waals surface area (Å²) < 4.78 is 20.6. The molecule has 0 aliphatic carbocycles. The Labute approximate surface area is 135 Å². The number of rotatable bonds is 6. The highest BCUT2D eigenvalue weighted by molar-refractivity contribution is 6.06. The monoisotopic (exact) mass is 319 g/mol. The van der Waals surface area contributed by atoms with Crippen molar-refractivity contribution >= 4 is 11.6 Å². The second kappa shape index (κ2) is 7.26. The van der Waals surface area contributed by atoms with Crippen LogP contribution < -0.4 is 9.64 Å². The van der Waals surface area contributed by atoms with Crippen molar-refractivity contribution in [1.82, 2.24) is 9.78 Å². The Kier molecular flexibility index (Phi) is 5.36. The van der Waals surface area contributed by atoms with Gasteiger partial charge in [0.1, 0.15) is 0 Å². The van der Waals surface area contributed by atoms with Gasteiger partial charge in [0.15, 0.2) is 11.6 Å². The van der Waals surface area contributed by atoms with E-state index in [1.165, 1.54) is 19.2 Å². The molecule has 0 unspecified atom stereocenters. The van der Waals surface area contributed by atoms with Gasteiger partial charge in [-0.15, -0.1) is 0 Å². The molecule has 6 heteroatoms. The van der Waals surface area contributed by atoms with Crippen LogP contribution in [-0.2, 0) is 6.54 Å². The highest BCUT2D eigenvalue weighted by Gasteiger charge is 2.23. The molecule has 124 valence electrons. The van der Waals surface area contributed by atoms with E-state index < -0.39 is 5.82 Å². The molecule has 0 saturated carbocycles. The standard InChI is InChI=1S/C17H22FN3O2/c1-5-8-20-11-13(10-19-20)17(22)21(12(2)3)14-6-7-16(23-4)15(18)9-14/h6-7,9-12H,5,8H2,1-4H3. The lowest BCUT2D eigenvalue weighted by molar-refractivity contribution is 0.0980.